The highest BCUT2D eigenvalue weighted by molar-refractivity contribution is 7.98. The largest absolute Gasteiger partial charge is 0.790 e. The van der Waals surface area contributed by atoms with Gasteiger partial charge in [0.1, 0.15) is 11.6 Å². The van der Waals surface area contributed by atoms with E-state index in [9.17, 15) is 34.0 Å². The number of hydrogen-bond donors (Lipinski definition) is 3. The van der Waals surface area contributed by atoms with E-state index >= 15 is 0 Å². The van der Waals surface area contributed by atoms with Crippen molar-refractivity contribution in [1.82, 2.24) is 19.5 Å². The van der Waals surface area contributed by atoms with E-state index < -0.39 is 51.8 Å². The van der Waals surface area contributed by atoms with Crippen LogP contribution in [0.4, 0.5) is 5.82 Å². The second-order valence-corrected chi connectivity index (χ2v) is 10.6. The van der Waals surface area contributed by atoms with Crippen LogP contribution in [0.5, 0.6) is 0 Å². The third-order valence-electron chi connectivity index (χ3n) is 5.48. The number of phosphoric ester groups is 1. The molecule has 14 nitrogen and oxygen atoms in total. The molecule has 4 rings (SSSR count). The van der Waals surface area contributed by atoms with Crippen LogP contribution in [0, 0.1) is 11.3 Å². The highest BCUT2D eigenvalue weighted by Crippen LogP contribution is 2.69. The molecule has 1 unspecified atom stereocenters. The number of nitrogens with two attached hydrogens (primary N) is 1. The summed E-state index contributed by atoms with van der Waals surface area (Å²) < 4.78 is 31.6. The Morgan fingerprint density at radius 3 is 2.70 bits per heavy atom. The summed E-state index contributed by atoms with van der Waals surface area (Å²) in [5.41, 5.74) is 5.36. The van der Waals surface area contributed by atoms with E-state index in [4.69, 9.17) is 5.73 Å². The molecule has 2 aliphatic rings. The molecule has 0 bridgehead atoms. The number of aromatic nitrogens is 4. The number of thioether (sulfide) groups is 1. The molecule has 4 N–H and O–H groups in total. The van der Waals surface area contributed by atoms with E-state index in [2.05, 4.69) is 23.8 Å². The van der Waals surface area contributed by atoms with Crippen LogP contribution in [0.1, 0.15) is 12.5 Å². The lowest BCUT2D eigenvalue weighted by molar-refractivity contribution is -0.339. The quantitative estimate of drug-likeness (QED) is 0.216. The highest BCUT2D eigenvalue weighted by Gasteiger charge is 2.71. The number of phosphoric acid groups is 2. The van der Waals surface area contributed by atoms with Crippen molar-refractivity contribution in [3.63, 3.8) is 0 Å². The summed E-state index contributed by atoms with van der Waals surface area (Å²) >= 11 is 1.25. The van der Waals surface area contributed by atoms with Gasteiger partial charge in [0.15, 0.2) is 16.6 Å². The first-order valence-corrected chi connectivity index (χ1v) is 12.6. The van der Waals surface area contributed by atoms with E-state index in [1.165, 1.54) is 22.7 Å². The molecule has 2 aromatic rings. The van der Waals surface area contributed by atoms with Crippen LogP contribution >= 0.6 is 27.4 Å². The molecule has 0 aliphatic heterocycles. The number of rotatable bonds is 7. The van der Waals surface area contributed by atoms with Crippen molar-refractivity contribution in [1.29, 1.82) is 0 Å². The molecule has 2 aromatic heterocycles. The van der Waals surface area contributed by atoms with E-state index in [0.717, 1.165) is 0 Å². The molecule has 30 heavy (non-hydrogen) atoms. The third-order valence-corrected chi connectivity index (χ3v) is 8.07. The fourth-order valence-electron chi connectivity index (χ4n) is 4.10. The van der Waals surface area contributed by atoms with Crippen LogP contribution in [0.15, 0.2) is 11.5 Å². The minimum atomic E-state index is -5.83. The monoisotopic (exact) mass is 480 g/mol. The maximum absolute atomic E-state index is 11.6. The number of fused-ring (bicyclic) bond motifs is 2. The lowest BCUT2D eigenvalue weighted by Crippen LogP contribution is -2.36. The second kappa shape index (κ2) is 7.20. The molecule has 2 saturated carbocycles. The predicted octanol–water partition coefficient (Wildman–Crippen LogP) is -2.26. The minimum absolute atomic E-state index is 0.144. The van der Waals surface area contributed by atoms with Crippen molar-refractivity contribution in [3.05, 3.63) is 6.33 Å². The first-order valence-electron chi connectivity index (χ1n) is 8.48. The van der Waals surface area contributed by atoms with Gasteiger partial charge in [-0.05, 0) is 18.6 Å². The van der Waals surface area contributed by atoms with Crippen LogP contribution in [0.3, 0.4) is 0 Å². The Morgan fingerprint density at radius 1 is 1.37 bits per heavy atom. The smallest absolute Gasteiger partial charge is 0.271 e. The molecule has 0 spiro atoms. The van der Waals surface area contributed by atoms with Gasteiger partial charge < -0.3 is 44.3 Å². The van der Waals surface area contributed by atoms with Crippen LogP contribution in [0.25, 0.3) is 11.2 Å². The number of aliphatic hydroxyl groups is 2. The first kappa shape index (κ1) is 22.1. The SMILES string of the molecule is CSc1nc(N)c2ncn([C@H]3[C@H](O)[C@H](O)[C@]4(COP(=O)([O-])OP(=O)([O-])[O-])C[C@H]34)c2n1. The highest BCUT2D eigenvalue weighted by atomic mass is 32.2. The number of aliphatic hydroxyl groups excluding tert-OH is 2. The third kappa shape index (κ3) is 3.69. The van der Waals surface area contributed by atoms with Crippen LogP contribution < -0.4 is 20.4 Å². The Hall–Kier alpha value is -1.12. The number of imidazole rings is 1. The zero-order valence-electron chi connectivity index (χ0n) is 15.2. The van der Waals surface area contributed by atoms with Crippen LogP contribution in [0.2, 0.25) is 0 Å². The molecule has 0 radical (unpaired) electrons. The number of nitrogens with zero attached hydrogens (tertiary/aromatic N) is 4. The lowest BCUT2D eigenvalue weighted by atomic mass is 10.0. The Morgan fingerprint density at radius 2 is 2.07 bits per heavy atom. The van der Waals surface area contributed by atoms with Gasteiger partial charge in [-0.2, -0.15) is 0 Å². The summed E-state index contributed by atoms with van der Waals surface area (Å²) in [7, 11) is -11.3. The molecule has 17 heteroatoms. The van der Waals surface area contributed by atoms with Gasteiger partial charge in [-0.1, -0.05) is 11.8 Å². The van der Waals surface area contributed by atoms with Crippen molar-refractivity contribution < 1.29 is 42.9 Å². The fourth-order valence-corrected chi connectivity index (χ4v) is 6.03. The molecule has 6 atom stereocenters. The van der Waals surface area contributed by atoms with Gasteiger partial charge in [-0.25, -0.2) is 15.0 Å². The molecular weight excluding hydrogens is 464 g/mol. The molecular formula is C13H16N5O9P2S-3. The second-order valence-electron chi connectivity index (χ2n) is 7.14. The topological polar surface area (TPSA) is 232 Å². The van der Waals surface area contributed by atoms with Crippen molar-refractivity contribution in [2.75, 3.05) is 18.6 Å². The normalized spacial score (nSPS) is 32.9. The Labute approximate surface area is 173 Å². The Kier molecular flexibility index (Phi) is 5.30. The lowest BCUT2D eigenvalue weighted by Gasteiger charge is -2.36. The molecule has 2 heterocycles. The Balaban J connectivity index is 1.60. The zero-order valence-corrected chi connectivity index (χ0v) is 17.8. The van der Waals surface area contributed by atoms with Gasteiger partial charge in [0.25, 0.3) is 7.82 Å². The summed E-state index contributed by atoms with van der Waals surface area (Å²) in [6.07, 6.45) is 0.691. The van der Waals surface area contributed by atoms with Gasteiger partial charge in [0.2, 0.25) is 0 Å². The number of hydrogen-bond acceptors (Lipinski definition) is 14. The average molecular weight is 480 g/mol. The maximum atomic E-state index is 11.6. The predicted molar refractivity (Wildman–Crippen MR) is 95.4 cm³/mol. The van der Waals surface area contributed by atoms with Gasteiger partial charge >= 0.3 is 0 Å². The standard InChI is InChI=1S/C13H19N5O9P2S/c1-30-12-16-10(14)6-11(17-12)18(4-15-6)7-5-2-13(5,9(20)8(7)19)3-26-29(24,25)27-28(21,22)23/h4-5,7-9,19-20H,2-3H2,1H3,(H,24,25)(H2,14,16,17)(H2,21,22,23)/p-3/t5-,7-,8+,9+,13+/m1/s1. The van der Waals surface area contributed by atoms with Crippen molar-refractivity contribution in [2.24, 2.45) is 11.3 Å². The molecule has 0 aromatic carbocycles. The van der Waals surface area contributed by atoms with Gasteiger partial charge in [0.05, 0.1) is 32.9 Å². The van der Waals surface area contributed by atoms with Crippen molar-refractivity contribution >= 4 is 44.4 Å². The van der Waals surface area contributed by atoms with Gasteiger partial charge in [0, 0.05) is 5.41 Å². The Bertz CT molecular complexity index is 1090. The van der Waals surface area contributed by atoms with E-state index in [1.54, 1.807) is 6.26 Å². The first-order chi connectivity index (χ1) is 13.9. The van der Waals surface area contributed by atoms with Crippen molar-refractivity contribution in [2.45, 2.75) is 29.8 Å². The van der Waals surface area contributed by atoms with Crippen LogP contribution in [-0.4, -0.2) is 54.8 Å². The van der Waals surface area contributed by atoms with Gasteiger partial charge in [-0.15, -0.1) is 0 Å². The van der Waals surface area contributed by atoms with Crippen molar-refractivity contribution in [3.8, 4) is 0 Å². The van der Waals surface area contributed by atoms with E-state index in [0.29, 0.717) is 16.3 Å². The van der Waals surface area contributed by atoms with E-state index in [-0.39, 0.29) is 12.2 Å². The number of nitrogen functional groups attached to an aromatic ring is 1. The molecule has 166 valence electrons. The summed E-state index contributed by atoms with van der Waals surface area (Å²) in [4.78, 5) is 45.2. The average Bonchev–Trinajstić information content (AvgIpc) is 3.13. The van der Waals surface area contributed by atoms with Gasteiger partial charge in [-0.3, -0.25) is 8.88 Å². The van der Waals surface area contributed by atoms with Crippen LogP contribution in [-0.2, 0) is 18.0 Å². The zero-order chi connectivity index (χ0) is 22.1. The molecule has 0 amide bonds. The molecule has 0 saturated heterocycles. The maximum Gasteiger partial charge on any atom is 0.271 e. The molecule has 2 aliphatic carbocycles. The summed E-state index contributed by atoms with van der Waals surface area (Å²) in [5.74, 6) is -0.300. The summed E-state index contributed by atoms with van der Waals surface area (Å²) in [5, 5.41) is 21.5. The fraction of sp³-hybridized carbons (Fsp3) is 0.615. The van der Waals surface area contributed by atoms with E-state index in [1.807, 2.05) is 0 Å². The summed E-state index contributed by atoms with van der Waals surface area (Å²) in [6.45, 7) is -0.674. The number of anilines is 1. The minimum Gasteiger partial charge on any atom is -0.790 e. The molecule has 2 fully saturated rings. The summed E-state index contributed by atoms with van der Waals surface area (Å²) in [6, 6.07) is -0.727.